The highest BCUT2D eigenvalue weighted by molar-refractivity contribution is 5.48. The van der Waals surface area contributed by atoms with E-state index in [0.29, 0.717) is 6.04 Å². The molecule has 4 nitrogen and oxygen atoms in total. The molecule has 0 amide bonds. The summed E-state index contributed by atoms with van der Waals surface area (Å²) in [4.78, 5) is 9.23. The Labute approximate surface area is 116 Å². The Kier molecular flexibility index (Phi) is 3.97. The highest BCUT2D eigenvalue weighted by Crippen LogP contribution is 2.28. The Morgan fingerprint density at radius 2 is 1.84 bits per heavy atom. The summed E-state index contributed by atoms with van der Waals surface area (Å²) >= 11 is 0. The molecule has 2 atom stereocenters. The topological polar surface area (TPSA) is 49.8 Å². The molecule has 2 N–H and O–H groups in total. The number of nitrogens with one attached hydrogen (secondary N) is 2. The molecule has 0 radical (unpaired) electrons. The Morgan fingerprint density at radius 3 is 2.37 bits per heavy atom. The molecule has 1 fully saturated rings. The molecule has 19 heavy (non-hydrogen) atoms. The summed E-state index contributed by atoms with van der Waals surface area (Å²) in [5, 5.41) is 6.69. The molecule has 1 aromatic rings. The third-order valence-electron chi connectivity index (χ3n) is 3.70. The second-order valence-corrected chi connectivity index (χ2v) is 6.72. The van der Waals surface area contributed by atoms with Gasteiger partial charge in [-0.3, -0.25) is 0 Å². The summed E-state index contributed by atoms with van der Waals surface area (Å²) in [6.45, 7) is 8.75. The number of anilines is 2. The lowest BCUT2D eigenvalue weighted by Gasteiger charge is -2.20. The standard InChI is InChI=1S/C15H26N4/c1-10-6-7-11(8-10)17-13-9-12(16-5)18-14(19-13)15(2,3)4/h9-11H,6-8H2,1-5H3,(H2,16,17,18,19). The van der Waals surface area contributed by atoms with Crippen LogP contribution in [0.1, 0.15) is 52.8 Å². The lowest BCUT2D eigenvalue weighted by Crippen LogP contribution is -2.21. The van der Waals surface area contributed by atoms with E-state index in [9.17, 15) is 0 Å². The average Bonchev–Trinajstić information content (AvgIpc) is 2.73. The minimum Gasteiger partial charge on any atom is -0.373 e. The first-order valence-electron chi connectivity index (χ1n) is 7.22. The molecule has 0 aliphatic heterocycles. The van der Waals surface area contributed by atoms with Gasteiger partial charge in [0.15, 0.2) is 0 Å². The van der Waals surface area contributed by atoms with Crippen molar-refractivity contribution in [2.45, 2.75) is 58.4 Å². The molecule has 0 bridgehead atoms. The predicted molar refractivity (Wildman–Crippen MR) is 80.7 cm³/mol. The minimum absolute atomic E-state index is 0.0355. The van der Waals surface area contributed by atoms with E-state index in [4.69, 9.17) is 0 Å². The van der Waals surface area contributed by atoms with Gasteiger partial charge in [0.1, 0.15) is 17.5 Å². The molecule has 0 aromatic carbocycles. The molecule has 2 unspecified atom stereocenters. The van der Waals surface area contributed by atoms with Crippen LogP contribution in [-0.4, -0.2) is 23.1 Å². The van der Waals surface area contributed by atoms with Crippen LogP contribution in [0.25, 0.3) is 0 Å². The summed E-state index contributed by atoms with van der Waals surface area (Å²) in [6, 6.07) is 2.56. The molecular weight excluding hydrogens is 236 g/mol. The maximum atomic E-state index is 4.68. The summed E-state index contributed by atoms with van der Waals surface area (Å²) in [6.07, 6.45) is 3.79. The van der Waals surface area contributed by atoms with Gasteiger partial charge in [-0.25, -0.2) is 9.97 Å². The first kappa shape index (κ1) is 14.1. The fraction of sp³-hybridized carbons (Fsp3) is 0.733. The fourth-order valence-corrected chi connectivity index (χ4v) is 2.53. The molecule has 0 saturated heterocycles. The summed E-state index contributed by atoms with van der Waals surface area (Å²) < 4.78 is 0. The van der Waals surface area contributed by atoms with Crippen LogP contribution in [0.2, 0.25) is 0 Å². The Morgan fingerprint density at radius 1 is 1.16 bits per heavy atom. The summed E-state index contributed by atoms with van der Waals surface area (Å²) in [5.41, 5.74) is -0.0355. The first-order chi connectivity index (χ1) is 8.88. The summed E-state index contributed by atoms with van der Waals surface area (Å²) in [7, 11) is 1.90. The monoisotopic (exact) mass is 262 g/mol. The largest absolute Gasteiger partial charge is 0.373 e. The van der Waals surface area contributed by atoms with Gasteiger partial charge >= 0.3 is 0 Å². The van der Waals surface area contributed by atoms with E-state index in [2.05, 4.69) is 48.3 Å². The van der Waals surface area contributed by atoms with Crippen LogP contribution in [0.5, 0.6) is 0 Å². The molecule has 1 saturated carbocycles. The quantitative estimate of drug-likeness (QED) is 0.876. The van der Waals surface area contributed by atoms with Gasteiger partial charge in [0.05, 0.1) is 0 Å². The van der Waals surface area contributed by atoms with E-state index in [1.165, 1.54) is 19.3 Å². The van der Waals surface area contributed by atoms with Gasteiger partial charge in [0.2, 0.25) is 0 Å². The molecule has 1 aliphatic carbocycles. The van der Waals surface area contributed by atoms with E-state index >= 15 is 0 Å². The predicted octanol–water partition coefficient (Wildman–Crippen LogP) is 3.42. The lowest BCUT2D eigenvalue weighted by molar-refractivity contribution is 0.545. The van der Waals surface area contributed by atoms with Gasteiger partial charge in [-0.1, -0.05) is 27.7 Å². The van der Waals surface area contributed by atoms with Crippen LogP contribution < -0.4 is 10.6 Å². The van der Waals surface area contributed by atoms with Crippen molar-refractivity contribution in [1.82, 2.24) is 9.97 Å². The number of hydrogen-bond acceptors (Lipinski definition) is 4. The van der Waals surface area contributed by atoms with Crippen molar-refractivity contribution in [3.63, 3.8) is 0 Å². The average molecular weight is 262 g/mol. The van der Waals surface area contributed by atoms with Gasteiger partial charge < -0.3 is 10.6 Å². The van der Waals surface area contributed by atoms with Crippen LogP contribution in [0.4, 0.5) is 11.6 Å². The van der Waals surface area contributed by atoms with Crippen molar-refractivity contribution in [3.8, 4) is 0 Å². The second-order valence-electron chi connectivity index (χ2n) is 6.72. The van der Waals surface area contributed by atoms with Crippen LogP contribution in [0, 0.1) is 5.92 Å². The normalized spacial score (nSPS) is 23.4. The SMILES string of the molecule is CNc1cc(NC2CCC(C)C2)nc(C(C)(C)C)n1. The molecule has 1 heterocycles. The maximum Gasteiger partial charge on any atom is 0.138 e. The van der Waals surface area contributed by atoms with Crippen molar-refractivity contribution in [2.24, 2.45) is 5.92 Å². The molecular formula is C15H26N4. The van der Waals surface area contributed by atoms with Crippen LogP contribution in [0.15, 0.2) is 6.07 Å². The fourth-order valence-electron chi connectivity index (χ4n) is 2.53. The Hall–Kier alpha value is -1.32. The zero-order valence-corrected chi connectivity index (χ0v) is 12.7. The smallest absolute Gasteiger partial charge is 0.138 e. The molecule has 1 aromatic heterocycles. The number of hydrogen-bond donors (Lipinski definition) is 2. The number of rotatable bonds is 3. The van der Waals surface area contributed by atoms with Gasteiger partial charge in [0, 0.05) is 24.6 Å². The van der Waals surface area contributed by atoms with E-state index in [0.717, 1.165) is 23.4 Å². The van der Waals surface area contributed by atoms with Crippen molar-refractivity contribution in [3.05, 3.63) is 11.9 Å². The third kappa shape index (κ3) is 3.58. The second kappa shape index (κ2) is 5.35. The van der Waals surface area contributed by atoms with E-state index < -0.39 is 0 Å². The van der Waals surface area contributed by atoms with E-state index in [-0.39, 0.29) is 5.41 Å². The molecule has 2 rings (SSSR count). The Bertz CT molecular complexity index is 436. The highest BCUT2D eigenvalue weighted by atomic mass is 15.1. The van der Waals surface area contributed by atoms with Crippen LogP contribution in [0.3, 0.4) is 0 Å². The first-order valence-corrected chi connectivity index (χ1v) is 7.22. The summed E-state index contributed by atoms with van der Waals surface area (Å²) in [5.74, 6) is 3.54. The van der Waals surface area contributed by atoms with E-state index in [1.54, 1.807) is 0 Å². The van der Waals surface area contributed by atoms with Crippen LogP contribution in [-0.2, 0) is 5.41 Å². The minimum atomic E-state index is -0.0355. The van der Waals surface area contributed by atoms with Gasteiger partial charge in [-0.05, 0) is 25.2 Å². The number of aromatic nitrogens is 2. The highest BCUT2D eigenvalue weighted by Gasteiger charge is 2.23. The lowest BCUT2D eigenvalue weighted by atomic mass is 9.96. The van der Waals surface area contributed by atoms with Crippen molar-refractivity contribution < 1.29 is 0 Å². The molecule has 4 heteroatoms. The molecule has 0 spiro atoms. The van der Waals surface area contributed by atoms with Crippen molar-refractivity contribution in [2.75, 3.05) is 17.7 Å². The van der Waals surface area contributed by atoms with Crippen molar-refractivity contribution >= 4 is 11.6 Å². The third-order valence-corrected chi connectivity index (χ3v) is 3.70. The van der Waals surface area contributed by atoms with Gasteiger partial charge in [-0.2, -0.15) is 0 Å². The molecule has 1 aliphatic rings. The van der Waals surface area contributed by atoms with Gasteiger partial charge in [-0.15, -0.1) is 0 Å². The van der Waals surface area contributed by atoms with E-state index in [1.807, 2.05) is 13.1 Å². The van der Waals surface area contributed by atoms with Crippen LogP contribution >= 0.6 is 0 Å². The zero-order valence-electron chi connectivity index (χ0n) is 12.7. The Balaban J connectivity index is 2.20. The zero-order chi connectivity index (χ0) is 14.0. The number of nitrogens with zero attached hydrogens (tertiary/aromatic N) is 2. The molecule has 106 valence electrons. The maximum absolute atomic E-state index is 4.68. The van der Waals surface area contributed by atoms with Crippen molar-refractivity contribution in [1.29, 1.82) is 0 Å². The van der Waals surface area contributed by atoms with Gasteiger partial charge in [0.25, 0.3) is 0 Å².